The minimum atomic E-state index is 0.124. The quantitative estimate of drug-likeness (QED) is 0.658. The monoisotopic (exact) mass is 319 g/mol. The number of allylic oxidation sites excluding steroid dienone is 2. The molecule has 0 radical (unpaired) electrons. The summed E-state index contributed by atoms with van der Waals surface area (Å²) in [6.07, 6.45) is 14.6. The third-order valence-electron chi connectivity index (χ3n) is 4.69. The van der Waals surface area contributed by atoms with Gasteiger partial charge in [0.2, 0.25) is 0 Å². The van der Waals surface area contributed by atoms with Crippen molar-refractivity contribution < 1.29 is 4.79 Å². The number of carbonyl (C=O) groups is 1. The molecule has 1 heterocycles. The normalized spacial score (nSPS) is 15.3. The molecule has 0 atom stereocenters. The van der Waals surface area contributed by atoms with E-state index in [0.717, 1.165) is 29.5 Å². The first-order valence-corrected chi connectivity index (χ1v) is 8.79. The first-order chi connectivity index (χ1) is 11.7. The van der Waals surface area contributed by atoms with Crippen LogP contribution >= 0.6 is 0 Å². The third-order valence-corrected chi connectivity index (χ3v) is 4.69. The molecule has 0 aliphatic heterocycles. The number of nitrogens with zero attached hydrogens (tertiary/aromatic N) is 1. The van der Waals surface area contributed by atoms with Crippen molar-refractivity contribution in [1.82, 2.24) is 4.57 Å². The van der Waals surface area contributed by atoms with Crippen LogP contribution in [0.2, 0.25) is 0 Å². The van der Waals surface area contributed by atoms with Crippen molar-refractivity contribution in [3.63, 3.8) is 0 Å². The Kier molecular flexibility index (Phi) is 5.14. The largest absolute Gasteiger partial charge is 0.350 e. The number of rotatable bonds is 4. The van der Waals surface area contributed by atoms with E-state index in [1.807, 2.05) is 31.4 Å². The smallest absolute Gasteiger partial charge is 0.161 e. The van der Waals surface area contributed by atoms with Crippen LogP contribution in [0.1, 0.15) is 66.2 Å². The zero-order valence-corrected chi connectivity index (χ0v) is 14.6. The Bertz CT molecular complexity index is 778. The zero-order valence-electron chi connectivity index (χ0n) is 14.6. The van der Waals surface area contributed by atoms with Gasteiger partial charge in [-0.3, -0.25) is 4.79 Å². The topological polar surface area (TPSA) is 22.0 Å². The summed E-state index contributed by atoms with van der Waals surface area (Å²) >= 11 is 0. The summed E-state index contributed by atoms with van der Waals surface area (Å²) in [5, 5.41) is 0. The van der Waals surface area contributed by atoms with Crippen LogP contribution < -0.4 is 0 Å². The molecule has 0 fully saturated rings. The molecule has 0 spiro atoms. The Morgan fingerprint density at radius 1 is 1.08 bits per heavy atom. The highest BCUT2D eigenvalue weighted by Gasteiger charge is 2.18. The van der Waals surface area contributed by atoms with Crippen molar-refractivity contribution >= 4 is 23.5 Å². The standard InChI is InChI=1S/C22H25NO/c1-17(24)21-16-23(2)22(19-12-8-3-4-9-13-19)20(21)15-14-18-10-6-5-7-11-18/h5-7,10-12,14-16H,3-4,8-9,13H2,1-2H3/b15-14+. The Balaban J connectivity index is 2.06. The van der Waals surface area contributed by atoms with E-state index in [2.05, 4.69) is 34.9 Å². The first-order valence-electron chi connectivity index (χ1n) is 8.79. The van der Waals surface area contributed by atoms with Crippen LogP contribution in [0.25, 0.3) is 17.7 Å². The SMILES string of the molecule is CC(=O)c1cn(C)c(C2=CCCCCC2)c1/C=C/c1ccccc1. The van der Waals surface area contributed by atoms with Gasteiger partial charge in [0.1, 0.15) is 0 Å². The summed E-state index contributed by atoms with van der Waals surface area (Å²) in [5.41, 5.74) is 5.60. The first kappa shape index (κ1) is 16.5. The number of hydrogen-bond donors (Lipinski definition) is 0. The fourth-order valence-corrected chi connectivity index (χ4v) is 3.47. The number of carbonyl (C=O) groups excluding carboxylic acids is 1. The third kappa shape index (κ3) is 3.59. The Labute approximate surface area is 144 Å². The minimum absolute atomic E-state index is 0.124. The second-order valence-corrected chi connectivity index (χ2v) is 6.54. The molecule has 0 amide bonds. The lowest BCUT2D eigenvalue weighted by molar-refractivity contribution is 0.101. The summed E-state index contributed by atoms with van der Waals surface area (Å²) in [4.78, 5) is 12.1. The van der Waals surface area contributed by atoms with Crippen LogP contribution in [0.4, 0.5) is 0 Å². The molecular weight excluding hydrogens is 294 g/mol. The van der Waals surface area contributed by atoms with Crippen molar-refractivity contribution in [2.45, 2.75) is 39.0 Å². The minimum Gasteiger partial charge on any atom is -0.350 e. The van der Waals surface area contributed by atoms with Gasteiger partial charge in [0, 0.05) is 24.4 Å². The maximum Gasteiger partial charge on any atom is 0.161 e. The molecule has 1 aromatic heterocycles. The zero-order chi connectivity index (χ0) is 16.9. The highest BCUT2D eigenvalue weighted by atomic mass is 16.1. The van der Waals surface area contributed by atoms with Crippen molar-refractivity contribution in [1.29, 1.82) is 0 Å². The molecular formula is C22H25NO. The molecule has 1 aliphatic rings. The van der Waals surface area contributed by atoms with Gasteiger partial charge < -0.3 is 4.57 Å². The molecule has 0 bridgehead atoms. The van der Waals surface area contributed by atoms with Gasteiger partial charge >= 0.3 is 0 Å². The van der Waals surface area contributed by atoms with Gasteiger partial charge in [0.15, 0.2) is 5.78 Å². The maximum atomic E-state index is 12.1. The molecule has 0 saturated heterocycles. The Morgan fingerprint density at radius 2 is 1.88 bits per heavy atom. The average Bonchev–Trinajstić information content (AvgIpc) is 2.76. The van der Waals surface area contributed by atoms with E-state index >= 15 is 0 Å². The van der Waals surface area contributed by atoms with Gasteiger partial charge in [-0.2, -0.15) is 0 Å². The molecule has 0 unspecified atom stereocenters. The molecule has 3 rings (SSSR count). The summed E-state index contributed by atoms with van der Waals surface area (Å²) in [7, 11) is 2.05. The molecule has 1 aliphatic carbocycles. The summed E-state index contributed by atoms with van der Waals surface area (Å²) in [6, 6.07) is 10.2. The van der Waals surface area contributed by atoms with E-state index in [1.54, 1.807) is 6.92 Å². The van der Waals surface area contributed by atoms with Crippen molar-refractivity contribution in [3.05, 3.63) is 65.0 Å². The molecule has 2 aromatic rings. The van der Waals surface area contributed by atoms with Crippen LogP contribution in [0, 0.1) is 0 Å². The van der Waals surface area contributed by atoms with Crippen LogP contribution in [0.15, 0.2) is 42.6 Å². The molecule has 0 saturated carbocycles. The number of hydrogen-bond acceptors (Lipinski definition) is 1. The van der Waals surface area contributed by atoms with Gasteiger partial charge in [-0.25, -0.2) is 0 Å². The maximum absolute atomic E-state index is 12.1. The molecule has 2 nitrogen and oxygen atoms in total. The fraction of sp³-hybridized carbons (Fsp3) is 0.318. The van der Waals surface area contributed by atoms with Crippen LogP contribution in [-0.2, 0) is 7.05 Å². The lowest BCUT2D eigenvalue weighted by Gasteiger charge is -2.10. The van der Waals surface area contributed by atoms with Crippen molar-refractivity contribution in [2.24, 2.45) is 7.05 Å². The van der Waals surface area contributed by atoms with Gasteiger partial charge in [-0.1, -0.05) is 55.0 Å². The van der Waals surface area contributed by atoms with Crippen LogP contribution in [-0.4, -0.2) is 10.4 Å². The number of aromatic nitrogens is 1. The second kappa shape index (κ2) is 7.48. The van der Waals surface area contributed by atoms with Crippen molar-refractivity contribution in [3.8, 4) is 0 Å². The van der Waals surface area contributed by atoms with E-state index in [0.29, 0.717) is 0 Å². The van der Waals surface area contributed by atoms with Gasteiger partial charge in [-0.05, 0) is 43.7 Å². The number of Topliss-reactive ketones (excluding diaryl/α,β-unsaturated/α-hetero) is 1. The lowest BCUT2D eigenvalue weighted by Crippen LogP contribution is -1.97. The highest BCUT2D eigenvalue weighted by Crippen LogP contribution is 2.32. The van der Waals surface area contributed by atoms with Gasteiger partial charge in [0.25, 0.3) is 0 Å². The number of aryl methyl sites for hydroxylation is 1. The van der Waals surface area contributed by atoms with Gasteiger partial charge in [0.05, 0.1) is 5.69 Å². The van der Waals surface area contributed by atoms with Crippen LogP contribution in [0.5, 0.6) is 0 Å². The molecule has 2 heteroatoms. The highest BCUT2D eigenvalue weighted by molar-refractivity contribution is 6.00. The van der Waals surface area contributed by atoms with E-state index in [4.69, 9.17) is 0 Å². The van der Waals surface area contributed by atoms with Crippen molar-refractivity contribution in [2.75, 3.05) is 0 Å². The predicted octanol–water partition coefficient (Wildman–Crippen LogP) is 5.75. The van der Waals surface area contributed by atoms with Gasteiger partial charge in [-0.15, -0.1) is 0 Å². The molecule has 24 heavy (non-hydrogen) atoms. The average molecular weight is 319 g/mol. The van der Waals surface area contributed by atoms with E-state index in [9.17, 15) is 4.79 Å². The van der Waals surface area contributed by atoms with E-state index in [1.165, 1.54) is 30.5 Å². The lowest BCUT2D eigenvalue weighted by atomic mass is 9.99. The molecule has 0 N–H and O–H groups in total. The van der Waals surface area contributed by atoms with Crippen LogP contribution in [0.3, 0.4) is 0 Å². The number of ketones is 1. The van der Waals surface area contributed by atoms with E-state index < -0.39 is 0 Å². The predicted molar refractivity (Wildman–Crippen MR) is 102 cm³/mol. The number of benzene rings is 1. The van der Waals surface area contributed by atoms with E-state index in [-0.39, 0.29) is 5.78 Å². The summed E-state index contributed by atoms with van der Waals surface area (Å²) in [6.45, 7) is 1.65. The Hall–Kier alpha value is -2.35. The fourth-order valence-electron chi connectivity index (χ4n) is 3.47. The Morgan fingerprint density at radius 3 is 2.62 bits per heavy atom. The molecule has 1 aromatic carbocycles. The molecule has 124 valence electrons. The summed E-state index contributed by atoms with van der Waals surface area (Å²) in [5.74, 6) is 0.124. The second-order valence-electron chi connectivity index (χ2n) is 6.54. The summed E-state index contributed by atoms with van der Waals surface area (Å²) < 4.78 is 2.12.